The molecule has 0 aliphatic carbocycles. The van der Waals surface area contributed by atoms with Crippen molar-refractivity contribution in [2.75, 3.05) is 18.0 Å². The Hall–Kier alpha value is -2.48. The first-order valence-electron chi connectivity index (χ1n) is 9.09. The van der Waals surface area contributed by atoms with Crippen molar-refractivity contribution in [3.63, 3.8) is 0 Å². The number of anilines is 1. The van der Waals surface area contributed by atoms with Gasteiger partial charge in [0, 0.05) is 31.9 Å². The van der Waals surface area contributed by atoms with E-state index < -0.39 is 28.6 Å². The molecule has 6 nitrogen and oxygen atoms in total. The first kappa shape index (κ1) is 19.3. The molecule has 1 aliphatic rings. The summed E-state index contributed by atoms with van der Waals surface area (Å²) in [6.45, 7) is 4.83. The second-order valence-corrected chi connectivity index (χ2v) is 6.95. The molecule has 3 N–H and O–H groups in total. The molecule has 1 fully saturated rings. The Balaban J connectivity index is 2.18. The number of nitrogens with two attached hydrogens (primary N) is 1. The van der Waals surface area contributed by atoms with Crippen LogP contribution < -0.4 is 16.1 Å². The van der Waals surface area contributed by atoms with Crippen LogP contribution in [0.25, 0.3) is 10.9 Å². The van der Waals surface area contributed by atoms with Crippen molar-refractivity contribution in [2.45, 2.75) is 39.3 Å². The van der Waals surface area contributed by atoms with Gasteiger partial charge in [-0.15, -0.1) is 0 Å². The number of aromatic nitrogens is 1. The van der Waals surface area contributed by atoms with Crippen molar-refractivity contribution in [2.24, 2.45) is 11.7 Å². The standard InChI is InChI=1S/C19H23F2N3O3/c1-3-14(22)10-5-6-24(8-10)17-13(20)7-11-16(15(17)21)23(4-2)9-12(18(11)25)19(26)27/h7,9-10,14H,3-6,8,22H2,1-2H3,(H,26,27)/t10?,14-/m1/s1. The first-order chi connectivity index (χ1) is 12.8. The maximum atomic E-state index is 15.3. The van der Waals surface area contributed by atoms with Crippen LogP contribution in [0.15, 0.2) is 17.1 Å². The molecule has 1 aromatic heterocycles. The number of aromatic carboxylic acids is 1. The molecule has 0 saturated carbocycles. The fourth-order valence-electron chi connectivity index (χ4n) is 3.84. The number of hydrogen-bond acceptors (Lipinski definition) is 4. The SMILES string of the molecule is CC[C@@H](N)C1CCN(c2c(F)cc3c(=O)c(C(=O)O)cn(CC)c3c2F)C1. The monoisotopic (exact) mass is 379 g/mol. The van der Waals surface area contributed by atoms with Crippen LogP contribution in [-0.4, -0.2) is 34.8 Å². The average Bonchev–Trinajstić information content (AvgIpc) is 3.11. The number of benzene rings is 1. The number of pyridine rings is 1. The third-order valence-electron chi connectivity index (χ3n) is 5.42. The second-order valence-electron chi connectivity index (χ2n) is 6.95. The molecule has 2 atom stereocenters. The zero-order chi connectivity index (χ0) is 19.9. The maximum absolute atomic E-state index is 15.3. The summed E-state index contributed by atoms with van der Waals surface area (Å²) in [6.07, 6.45) is 2.64. The number of halogens is 2. The summed E-state index contributed by atoms with van der Waals surface area (Å²) in [5.41, 5.74) is 4.42. The summed E-state index contributed by atoms with van der Waals surface area (Å²) >= 11 is 0. The third-order valence-corrected chi connectivity index (χ3v) is 5.42. The zero-order valence-corrected chi connectivity index (χ0v) is 15.3. The van der Waals surface area contributed by atoms with Crippen molar-refractivity contribution >= 4 is 22.6 Å². The molecule has 2 heterocycles. The minimum atomic E-state index is -1.43. The molecule has 27 heavy (non-hydrogen) atoms. The van der Waals surface area contributed by atoms with Gasteiger partial charge in [0.2, 0.25) is 5.43 Å². The Morgan fingerprint density at radius 2 is 2.11 bits per heavy atom. The van der Waals surface area contributed by atoms with Gasteiger partial charge in [-0.2, -0.15) is 0 Å². The highest BCUT2D eigenvalue weighted by molar-refractivity contribution is 5.93. The summed E-state index contributed by atoms with van der Waals surface area (Å²) in [5.74, 6) is -2.99. The van der Waals surface area contributed by atoms with Crippen molar-refractivity contribution in [1.29, 1.82) is 0 Å². The topological polar surface area (TPSA) is 88.6 Å². The van der Waals surface area contributed by atoms with Gasteiger partial charge in [0.05, 0.1) is 10.9 Å². The van der Waals surface area contributed by atoms with Crippen LogP contribution in [0.2, 0.25) is 0 Å². The molecule has 8 heteroatoms. The van der Waals surface area contributed by atoms with Crippen LogP contribution in [-0.2, 0) is 6.54 Å². The van der Waals surface area contributed by atoms with Crippen LogP contribution in [0, 0.1) is 17.6 Å². The summed E-state index contributed by atoms with van der Waals surface area (Å²) < 4.78 is 31.5. The molecule has 0 spiro atoms. The van der Waals surface area contributed by atoms with Gasteiger partial charge in [0.1, 0.15) is 17.1 Å². The molecule has 0 bridgehead atoms. The van der Waals surface area contributed by atoms with E-state index in [0.717, 1.165) is 25.1 Å². The Kier molecular flexibility index (Phi) is 5.19. The Labute approximate surface area is 155 Å². The smallest absolute Gasteiger partial charge is 0.341 e. The van der Waals surface area contributed by atoms with Gasteiger partial charge in [-0.05, 0) is 31.7 Å². The molecule has 1 aromatic carbocycles. The van der Waals surface area contributed by atoms with Gasteiger partial charge in [0.15, 0.2) is 5.82 Å². The number of rotatable bonds is 5. The van der Waals surface area contributed by atoms with E-state index in [9.17, 15) is 19.1 Å². The number of carboxylic acid groups (broad SMARTS) is 1. The lowest BCUT2D eigenvalue weighted by atomic mass is 9.98. The summed E-state index contributed by atoms with van der Waals surface area (Å²) in [5, 5.41) is 8.93. The van der Waals surface area contributed by atoms with Gasteiger partial charge in [0.25, 0.3) is 0 Å². The highest BCUT2D eigenvalue weighted by Crippen LogP contribution is 2.34. The quantitative estimate of drug-likeness (QED) is 0.834. The molecule has 1 saturated heterocycles. The number of aryl methyl sites for hydroxylation is 1. The number of nitrogens with zero attached hydrogens (tertiary/aromatic N) is 2. The average molecular weight is 379 g/mol. The molecule has 0 amide bonds. The first-order valence-corrected chi connectivity index (χ1v) is 9.09. The van der Waals surface area contributed by atoms with Crippen molar-refractivity contribution in [1.82, 2.24) is 4.57 Å². The highest BCUT2D eigenvalue weighted by Gasteiger charge is 2.31. The highest BCUT2D eigenvalue weighted by atomic mass is 19.1. The van der Waals surface area contributed by atoms with Gasteiger partial charge in [-0.25, -0.2) is 13.6 Å². The van der Waals surface area contributed by atoms with Crippen LogP contribution in [0.1, 0.15) is 37.0 Å². The van der Waals surface area contributed by atoms with Crippen molar-refractivity contribution < 1.29 is 18.7 Å². The minimum absolute atomic E-state index is 0.0338. The lowest BCUT2D eigenvalue weighted by Crippen LogP contribution is -2.32. The Morgan fingerprint density at radius 3 is 2.70 bits per heavy atom. The normalized spacial score (nSPS) is 18.3. The van der Waals surface area contributed by atoms with E-state index in [1.807, 2.05) is 6.92 Å². The lowest BCUT2D eigenvalue weighted by molar-refractivity contribution is 0.0695. The van der Waals surface area contributed by atoms with Crippen molar-refractivity contribution in [3.05, 3.63) is 39.7 Å². The molecule has 1 aliphatic heterocycles. The molecule has 3 rings (SSSR count). The van der Waals surface area contributed by atoms with Crippen molar-refractivity contribution in [3.8, 4) is 0 Å². The number of fused-ring (bicyclic) bond motifs is 1. The van der Waals surface area contributed by atoms with Gasteiger partial charge < -0.3 is 20.3 Å². The number of carbonyl (C=O) groups is 1. The summed E-state index contributed by atoms with van der Waals surface area (Å²) in [6, 6.07) is 0.912. The van der Waals surface area contributed by atoms with Gasteiger partial charge in [-0.3, -0.25) is 4.79 Å². The molecule has 0 radical (unpaired) electrons. The van der Waals surface area contributed by atoms with Crippen LogP contribution in [0.3, 0.4) is 0 Å². The summed E-state index contributed by atoms with van der Waals surface area (Å²) in [7, 11) is 0. The summed E-state index contributed by atoms with van der Waals surface area (Å²) in [4.78, 5) is 25.3. The van der Waals surface area contributed by atoms with E-state index in [1.54, 1.807) is 11.8 Å². The number of carboxylic acids is 1. The van der Waals surface area contributed by atoms with E-state index in [4.69, 9.17) is 5.73 Å². The van der Waals surface area contributed by atoms with Crippen LogP contribution in [0.5, 0.6) is 0 Å². The Bertz CT molecular complexity index is 958. The fraction of sp³-hybridized carbons (Fsp3) is 0.474. The van der Waals surface area contributed by atoms with E-state index in [2.05, 4.69) is 0 Å². The Morgan fingerprint density at radius 1 is 1.41 bits per heavy atom. The zero-order valence-electron chi connectivity index (χ0n) is 15.3. The third kappa shape index (κ3) is 3.18. The molecular weight excluding hydrogens is 356 g/mol. The second kappa shape index (κ2) is 7.26. The molecule has 146 valence electrons. The van der Waals surface area contributed by atoms with Crippen LogP contribution in [0.4, 0.5) is 14.5 Å². The molecule has 2 aromatic rings. The lowest BCUT2D eigenvalue weighted by Gasteiger charge is -2.23. The van der Waals surface area contributed by atoms with Gasteiger partial charge >= 0.3 is 5.97 Å². The van der Waals surface area contributed by atoms with Gasteiger partial charge in [-0.1, -0.05) is 6.92 Å². The predicted molar refractivity (Wildman–Crippen MR) is 99.3 cm³/mol. The molecule has 1 unspecified atom stereocenters. The van der Waals surface area contributed by atoms with E-state index in [0.29, 0.717) is 13.1 Å². The predicted octanol–water partition coefficient (Wildman–Crippen LogP) is 2.56. The fourth-order valence-corrected chi connectivity index (χ4v) is 3.84. The van der Waals surface area contributed by atoms with Crippen LogP contribution >= 0.6 is 0 Å². The van der Waals surface area contributed by atoms with E-state index >= 15 is 4.39 Å². The number of hydrogen-bond donors (Lipinski definition) is 2. The minimum Gasteiger partial charge on any atom is -0.477 e. The largest absolute Gasteiger partial charge is 0.477 e. The van der Waals surface area contributed by atoms with E-state index in [1.165, 1.54) is 4.57 Å². The molecular formula is C19H23F2N3O3. The maximum Gasteiger partial charge on any atom is 0.341 e. The van der Waals surface area contributed by atoms with E-state index in [-0.39, 0.29) is 35.1 Å².